The highest BCUT2D eigenvalue weighted by Gasteiger charge is 2.57. The van der Waals surface area contributed by atoms with Gasteiger partial charge in [-0.2, -0.15) is 5.26 Å². The Morgan fingerprint density at radius 2 is 2.00 bits per heavy atom. The molecule has 4 aliphatic rings. The summed E-state index contributed by atoms with van der Waals surface area (Å²) in [6, 6.07) is 2.12. The zero-order chi connectivity index (χ0) is 14.4. The van der Waals surface area contributed by atoms with Gasteiger partial charge in [-0.05, 0) is 55.8 Å². The van der Waals surface area contributed by atoms with E-state index in [-0.39, 0.29) is 11.3 Å². The Morgan fingerprint density at radius 1 is 1.35 bits per heavy atom. The maximum absolute atomic E-state index is 12.4. The summed E-state index contributed by atoms with van der Waals surface area (Å²) in [5.74, 6) is 1.89. The summed E-state index contributed by atoms with van der Waals surface area (Å²) in [6.07, 6.45) is 8.79. The molecule has 0 radical (unpaired) electrons. The molecule has 0 spiro atoms. The number of amides is 1. The molecule has 4 bridgehead atoms. The van der Waals surface area contributed by atoms with Crippen LogP contribution in [0.4, 0.5) is 0 Å². The molecule has 1 amide bonds. The number of hydrogen-bond acceptors (Lipinski definition) is 2. The van der Waals surface area contributed by atoms with Gasteiger partial charge in [0.25, 0.3) is 0 Å². The smallest absolute Gasteiger partial charge is 0.222 e. The molecule has 4 heteroatoms. The van der Waals surface area contributed by atoms with Crippen molar-refractivity contribution in [3.63, 3.8) is 0 Å². The van der Waals surface area contributed by atoms with E-state index in [0.29, 0.717) is 23.7 Å². The Balaban J connectivity index is 1.68. The van der Waals surface area contributed by atoms with Crippen molar-refractivity contribution in [2.45, 2.75) is 55.7 Å². The van der Waals surface area contributed by atoms with Gasteiger partial charge in [-0.25, -0.2) is 0 Å². The summed E-state index contributed by atoms with van der Waals surface area (Å²) in [5.41, 5.74) is 0.242. The van der Waals surface area contributed by atoms with Crippen molar-refractivity contribution in [1.82, 2.24) is 4.90 Å². The van der Waals surface area contributed by atoms with Gasteiger partial charge < -0.3 is 4.90 Å². The van der Waals surface area contributed by atoms with Crippen LogP contribution < -0.4 is 0 Å². The Labute approximate surface area is 129 Å². The Kier molecular flexibility index (Phi) is 3.61. The first-order valence-electron chi connectivity index (χ1n) is 7.74. The highest BCUT2D eigenvalue weighted by Crippen LogP contribution is 2.65. The number of nitrogens with zero attached hydrogens (tertiary/aromatic N) is 2. The van der Waals surface area contributed by atoms with Crippen molar-refractivity contribution in [1.29, 1.82) is 5.26 Å². The van der Waals surface area contributed by atoms with Crippen molar-refractivity contribution < 1.29 is 4.79 Å². The van der Waals surface area contributed by atoms with Gasteiger partial charge in [-0.1, -0.05) is 15.9 Å². The monoisotopic (exact) mass is 338 g/mol. The molecule has 0 aromatic rings. The highest BCUT2D eigenvalue weighted by molar-refractivity contribution is 9.10. The predicted molar refractivity (Wildman–Crippen MR) is 81.3 cm³/mol. The zero-order valence-electron chi connectivity index (χ0n) is 12.2. The van der Waals surface area contributed by atoms with Crippen LogP contribution in [-0.2, 0) is 4.79 Å². The molecule has 4 rings (SSSR count). The normalized spacial score (nSPS) is 41.5. The van der Waals surface area contributed by atoms with E-state index in [1.165, 1.54) is 38.5 Å². The van der Waals surface area contributed by atoms with Crippen molar-refractivity contribution >= 4 is 21.8 Å². The minimum absolute atomic E-state index is 0.235. The molecule has 3 nitrogen and oxygen atoms in total. The molecule has 20 heavy (non-hydrogen) atoms. The summed E-state index contributed by atoms with van der Waals surface area (Å²) < 4.78 is 0.322. The number of carbonyl (C=O) groups is 1. The summed E-state index contributed by atoms with van der Waals surface area (Å²) >= 11 is 3.99. The van der Waals surface area contributed by atoms with E-state index in [2.05, 4.69) is 22.0 Å². The van der Waals surface area contributed by atoms with Gasteiger partial charge in [0.1, 0.15) is 0 Å². The number of halogens is 1. The lowest BCUT2D eigenvalue weighted by Crippen LogP contribution is -2.54. The van der Waals surface area contributed by atoms with Crippen molar-refractivity contribution in [3.8, 4) is 6.07 Å². The Hall–Kier alpha value is -0.560. The molecule has 0 aromatic carbocycles. The zero-order valence-corrected chi connectivity index (χ0v) is 13.8. The van der Waals surface area contributed by atoms with Crippen LogP contribution >= 0.6 is 15.9 Å². The lowest BCUT2D eigenvalue weighted by molar-refractivity contribution is -0.137. The fourth-order valence-corrected chi connectivity index (χ4v) is 6.85. The summed E-state index contributed by atoms with van der Waals surface area (Å²) in [6.45, 7) is 0.567. The molecule has 0 N–H and O–H groups in total. The first-order chi connectivity index (χ1) is 9.44. The van der Waals surface area contributed by atoms with E-state index < -0.39 is 0 Å². The molecular formula is C16H23BrN2O. The van der Waals surface area contributed by atoms with Gasteiger partial charge in [0.2, 0.25) is 5.91 Å². The molecule has 4 aliphatic carbocycles. The molecule has 0 saturated heterocycles. The summed E-state index contributed by atoms with van der Waals surface area (Å²) in [5, 5.41) is 8.64. The first-order valence-corrected chi connectivity index (χ1v) is 8.53. The maximum Gasteiger partial charge on any atom is 0.222 e. The van der Waals surface area contributed by atoms with Gasteiger partial charge in [0.05, 0.1) is 12.5 Å². The summed E-state index contributed by atoms with van der Waals surface area (Å²) in [7, 11) is 1.84. The van der Waals surface area contributed by atoms with Crippen molar-refractivity contribution in [2.24, 2.45) is 17.3 Å². The third-order valence-corrected chi connectivity index (χ3v) is 6.55. The van der Waals surface area contributed by atoms with Gasteiger partial charge in [0, 0.05) is 24.3 Å². The fraction of sp³-hybridized carbons (Fsp3) is 0.875. The second-order valence-corrected chi connectivity index (χ2v) is 9.19. The van der Waals surface area contributed by atoms with Crippen LogP contribution in [0.3, 0.4) is 0 Å². The van der Waals surface area contributed by atoms with Crippen LogP contribution in [0.1, 0.15) is 51.4 Å². The third-order valence-electron chi connectivity index (χ3n) is 5.62. The molecule has 0 aromatic heterocycles. The van der Waals surface area contributed by atoms with Crippen LogP contribution in [0.5, 0.6) is 0 Å². The first kappa shape index (κ1) is 14.4. The van der Waals surface area contributed by atoms with E-state index in [1.54, 1.807) is 4.90 Å². The molecule has 0 heterocycles. The van der Waals surface area contributed by atoms with Crippen molar-refractivity contribution in [2.75, 3.05) is 13.6 Å². The second kappa shape index (κ2) is 5.02. The standard InChI is InChI=1S/C16H23BrN2O/c1-19(4-2-3-18)14(20)10-15-6-12-5-13(7-15)9-16(17,8-12)11-15/h12-13H,2,4-11H2,1H3. The van der Waals surface area contributed by atoms with Crippen LogP contribution in [-0.4, -0.2) is 28.7 Å². The third kappa shape index (κ3) is 2.62. The van der Waals surface area contributed by atoms with Crippen LogP contribution in [0, 0.1) is 28.6 Å². The molecule has 110 valence electrons. The van der Waals surface area contributed by atoms with E-state index >= 15 is 0 Å². The largest absolute Gasteiger partial charge is 0.345 e. The molecular weight excluding hydrogens is 316 g/mol. The summed E-state index contributed by atoms with van der Waals surface area (Å²) in [4.78, 5) is 14.2. The predicted octanol–water partition coefficient (Wildman–Crippen LogP) is 3.48. The average Bonchev–Trinajstić information content (AvgIpc) is 2.32. The molecule has 4 saturated carbocycles. The highest BCUT2D eigenvalue weighted by atomic mass is 79.9. The van der Waals surface area contributed by atoms with Gasteiger partial charge in [-0.3, -0.25) is 4.79 Å². The maximum atomic E-state index is 12.4. The lowest BCUT2D eigenvalue weighted by Gasteiger charge is -2.60. The fourth-order valence-electron chi connectivity index (χ4n) is 5.34. The number of nitriles is 1. The number of rotatable bonds is 4. The average molecular weight is 339 g/mol. The Morgan fingerprint density at radius 3 is 2.55 bits per heavy atom. The minimum Gasteiger partial charge on any atom is -0.345 e. The number of carbonyl (C=O) groups excluding carboxylic acids is 1. The van der Waals surface area contributed by atoms with Gasteiger partial charge >= 0.3 is 0 Å². The van der Waals surface area contributed by atoms with E-state index in [0.717, 1.165) is 11.8 Å². The molecule has 4 fully saturated rings. The van der Waals surface area contributed by atoms with Crippen LogP contribution in [0.15, 0.2) is 0 Å². The van der Waals surface area contributed by atoms with Crippen molar-refractivity contribution in [3.05, 3.63) is 0 Å². The van der Waals surface area contributed by atoms with E-state index in [9.17, 15) is 4.79 Å². The van der Waals surface area contributed by atoms with Gasteiger partial charge in [-0.15, -0.1) is 0 Å². The number of hydrogen-bond donors (Lipinski definition) is 0. The quantitative estimate of drug-likeness (QED) is 0.736. The molecule has 2 atom stereocenters. The SMILES string of the molecule is CN(CCC#N)C(=O)CC12CC3CC(CC(Br)(C3)C1)C2. The molecule has 0 aliphatic heterocycles. The van der Waals surface area contributed by atoms with Gasteiger partial charge in [0.15, 0.2) is 0 Å². The van der Waals surface area contributed by atoms with E-state index in [1.807, 2.05) is 7.05 Å². The Bertz CT molecular complexity index is 442. The minimum atomic E-state index is 0.235. The molecule has 2 unspecified atom stereocenters. The van der Waals surface area contributed by atoms with Crippen LogP contribution in [0.2, 0.25) is 0 Å². The topological polar surface area (TPSA) is 44.1 Å². The van der Waals surface area contributed by atoms with E-state index in [4.69, 9.17) is 5.26 Å². The second-order valence-electron chi connectivity index (χ2n) is 7.51. The lowest BCUT2D eigenvalue weighted by atomic mass is 9.48. The van der Waals surface area contributed by atoms with Crippen LogP contribution in [0.25, 0.3) is 0 Å². The number of alkyl halides is 1.